The summed E-state index contributed by atoms with van der Waals surface area (Å²) in [6, 6.07) is 0. The van der Waals surface area contributed by atoms with Crippen molar-refractivity contribution in [3.05, 3.63) is 24.8 Å². The van der Waals surface area contributed by atoms with Crippen molar-refractivity contribution in [2.24, 2.45) is 5.92 Å². The minimum absolute atomic E-state index is 0.149. The van der Waals surface area contributed by atoms with Crippen molar-refractivity contribution < 1.29 is 4.74 Å². The minimum atomic E-state index is 0.149. The van der Waals surface area contributed by atoms with Crippen LogP contribution in [-0.4, -0.2) is 13.2 Å². The van der Waals surface area contributed by atoms with Crippen LogP contribution in [0.2, 0.25) is 0 Å². The van der Waals surface area contributed by atoms with Crippen LogP contribution in [0.5, 0.6) is 0 Å². The van der Waals surface area contributed by atoms with E-state index in [0.29, 0.717) is 5.92 Å². The zero-order chi connectivity index (χ0) is 7.98. The average molecular weight is 140 g/mol. The van der Waals surface area contributed by atoms with Crippen LogP contribution in [-0.2, 0) is 4.74 Å². The predicted molar refractivity (Wildman–Crippen MR) is 45.0 cm³/mol. The molecule has 1 nitrogen and oxygen atoms in total. The van der Waals surface area contributed by atoms with Gasteiger partial charge in [-0.05, 0) is 6.92 Å². The van der Waals surface area contributed by atoms with Gasteiger partial charge in [0.15, 0.2) is 0 Å². The standard InChI is InChI=1S/C9H16O/c1-5-7-8(3)9(6-2)10-4/h5-9H,2H2,1,3-4H3. The van der Waals surface area contributed by atoms with E-state index < -0.39 is 0 Å². The summed E-state index contributed by atoms with van der Waals surface area (Å²) in [6.07, 6.45) is 6.11. The van der Waals surface area contributed by atoms with Gasteiger partial charge in [-0.3, -0.25) is 0 Å². The molecule has 0 radical (unpaired) electrons. The molecule has 0 spiro atoms. The van der Waals surface area contributed by atoms with E-state index in [0.717, 1.165) is 0 Å². The molecule has 58 valence electrons. The summed E-state index contributed by atoms with van der Waals surface area (Å²) in [4.78, 5) is 0. The van der Waals surface area contributed by atoms with Gasteiger partial charge in [-0.1, -0.05) is 25.2 Å². The van der Waals surface area contributed by atoms with E-state index in [1.54, 1.807) is 7.11 Å². The number of rotatable bonds is 4. The maximum absolute atomic E-state index is 5.14. The Morgan fingerprint density at radius 3 is 2.40 bits per heavy atom. The first-order valence-corrected chi connectivity index (χ1v) is 3.54. The smallest absolute Gasteiger partial charge is 0.0809 e. The molecule has 0 saturated carbocycles. The molecule has 1 heteroatoms. The van der Waals surface area contributed by atoms with Crippen LogP contribution in [0.1, 0.15) is 13.8 Å². The van der Waals surface area contributed by atoms with Crippen molar-refractivity contribution in [3.8, 4) is 0 Å². The number of hydrogen-bond donors (Lipinski definition) is 0. The molecule has 0 aliphatic carbocycles. The van der Waals surface area contributed by atoms with Gasteiger partial charge in [-0.15, -0.1) is 6.58 Å². The quantitative estimate of drug-likeness (QED) is 0.545. The first kappa shape index (κ1) is 9.44. The maximum atomic E-state index is 5.14. The maximum Gasteiger partial charge on any atom is 0.0809 e. The van der Waals surface area contributed by atoms with Crippen LogP contribution in [0, 0.1) is 5.92 Å². The molecule has 2 atom stereocenters. The van der Waals surface area contributed by atoms with Crippen LogP contribution in [0.4, 0.5) is 0 Å². The van der Waals surface area contributed by atoms with E-state index in [-0.39, 0.29) is 6.10 Å². The Bertz CT molecular complexity index is 116. The van der Waals surface area contributed by atoms with Crippen molar-refractivity contribution in [1.82, 2.24) is 0 Å². The van der Waals surface area contributed by atoms with Gasteiger partial charge in [0.2, 0.25) is 0 Å². The molecule has 0 aromatic rings. The first-order chi connectivity index (χ1) is 4.76. The van der Waals surface area contributed by atoms with Crippen LogP contribution >= 0.6 is 0 Å². The van der Waals surface area contributed by atoms with E-state index in [2.05, 4.69) is 19.6 Å². The van der Waals surface area contributed by atoms with Crippen LogP contribution in [0.25, 0.3) is 0 Å². The van der Waals surface area contributed by atoms with Gasteiger partial charge in [-0.25, -0.2) is 0 Å². The van der Waals surface area contributed by atoms with Crippen molar-refractivity contribution in [2.45, 2.75) is 20.0 Å². The van der Waals surface area contributed by atoms with Crippen molar-refractivity contribution in [1.29, 1.82) is 0 Å². The molecule has 2 unspecified atom stereocenters. The van der Waals surface area contributed by atoms with E-state index in [9.17, 15) is 0 Å². The van der Waals surface area contributed by atoms with Crippen LogP contribution in [0.15, 0.2) is 24.8 Å². The Morgan fingerprint density at radius 2 is 2.10 bits per heavy atom. The molecule has 0 rings (SSSR count). The molecule has 0 bridgehead atoms. The first-order valence-electron chi connectivity index (χ1n) is 3.54. The molecule has 0 heterocycles. The van der Waals surface area contributed by atoms with E-state index in [4.69, 9.17) is 4.74 Å². The number of methoxy groups -OCH3 is 1. The molecule has 0 amide bonds. The molecule has 0 aliphatic rings. The zero-order valence-electron chi connectivity index (χ0n) is 7.00. The SMILES string of the molecule is C=CC(OC)C(C)C=CC. The molecular weight excluding hydrogens is 124 g/mol. The van der Waals surface area contributed by atoms with Gasteiger partial charge in [0, 0.05) is 13.0 Å². The van der Waals surface area contributed by atoms with Gasteiger partial charge in [-0.2, -0.15) is 0 Å². The summed E-state index contributed by atoms with van der Waals surface area (Å²) in [5.74, 6) is 0.424. The highest BCUT2D eigenvalue weighted by Crippen LogP contribution is 2.08. The topological polar surface area (TPSA) is 9.23 Å². The fourth-order valence-corrected chi connectivity index (χ4v) is 0.939. The van der Waals surface area contributed by atoms with Crippen molar-refractivity contribution >= 4 is 0 Å². The second kappa shape index (κ2) is 5.24. The second-order valence-corrected chi connectivity index (χ2v) is 2.32. The monoisotopic (exact) mass is 140 g/mol. The largest absolute Gasteiger partial charge is 0.377 e. The molecule has 0 aliphatic heterocycles. The summed E-state index contributed by atoms with van der Waals surface area (Å²) >= 11 is 0. The second-order valence-electron chi connectivity index (χ2n) is 2.32. The van der Waals surface area contributed by atoms with Crippen molar-refractivity contribution in [3.63, 3.8) is 0 Å². The zero-order valence-corrected chi connectivity index (χ0v) is 7.00. The lowest BCUT2D eigenvalue weighted by Gasteiger charge is -2.14. The highest BCUT2D eigenvalue weighted by molar-refractivity contribution is 4.94. The normalized spacial score (nSPS) is 17.1. The molecule has 0 fully saturated rings. The molecule has 0 N–H and O–H groups in total. The lowest BCUT2D eigenvalue weighted by Crippen LogP contribution is -2.14. The van der Waals surface area contributed by atoms with Gasteiger partial charge >= 0.3 is 0 Å². The third-order valence-electron chi connectivity index (χ3n) is 1.52. The number of hydrogen-bond acceptors (Lipinski definition) is 1. The highest BCUT2D eigenvalue weighted by atomic mass is 16.5. The number of ether oxygens (including phenoxy) is 1. The lowest BCUT2D eigenvalue weighted by molar-refractivity contribution is 0.113. The number of allylic oxidation sites excluding steroid dienone is 1. The Hall–Kier alpha value is -0.560. The summed E-state index contributed by atoms with van der Waals surface area (Å²) in [5, 5.41) is 0. The fourth-order valence-electron chi connectivity index (χ4n) is 0.939. The third-order valence-corrected chi connectivity index (χ3v) is 1.52. The van der Waals surface area contributed by atoms with E-state index in [1.807, 2.05) is 19.1 Å². The Kier molecular flexibility index (Phi) is 4.95. The molecular formula is C9H16O. The summed E-state index contributed by atoms with van der Waals surface area (Å²) in [7, 11) is 1.70. The fraction of sp³-hybridized carbons (Fsp3) is 0.556. The van der Waals surface area contributed by atoms with Gasteiger partial charge < -0.3 is 4.74 Å². The molecule has 10 heavy (non-hydrogen) atoms. The van der Waals surface area contributed by atoms with E-state index in [1.165, 1.54) is 0 Å². The average Bonchev–Trinajstić information content (AvgIpc) is 1.91. The predicted octanol–water partition coefficient (Wildman–Crippen LogP) is 2.40. The minimum Gasteiger partial charge on any atom is -0.377 e. The van der Waals surface area contributed by atoms with Gasteiger partial charge in [0.25, 0.3) is 0 Å². The van der Waals surface area contributed by atoms with E-state index >= 15 is 0 Å². The highest BCUT2D eigenvalue weighted by Gasteiger charge is 2.07. The summed E-state index contributed by atoms with van der Waals surface area (Å²) < 4.78 is 5.14. The van der Waals surface area contributed by atoms with Crippen LogP contribution in [0.3, 0.4) is 0 Å². The van der Waals surface area contributed by atoms with Gasteiger partial charge in [0.1, 0.15) is 0 Å². The van der Waals surface area contributed by atoms with Gasteiger partial charge in [0.05, 0.1) is 6.10 Å². The lowest BCUT2D eigenvalue weighted by atomic mass is 10.0. The Balaban J connectivity index is 3.87. The molecule has 0 saturated heterocycles. The summed E-state index contributed by atoms with van der Waals surface area (Å²) in [6.45, 7) is 7.79. The molecule has 0 aromatic carbocycles. The van der Waals surface area contributed by atoms with Crippen LogP contribution < -0.4 is 0 Å². The molecule has 0 aromatic heterocycles. The summed E-state index contributed by atoms with van der Waals surface area (Å²) in [5.41, 5.74) is 0. The Labute approximate surface area is 63.4 Å². The Morgan fingerprint density at radius 1 is 1.50 bits per heavy atom. The third kappa shape index (κ3) is 2.83. The van der Waals surface area contributed by atoms with Crippen molar-refractivity contribution in [2.75, 3.05) is 7.11 Å².